The number of aromatic carboxylic acids is 1. The van der Waals surface area contributed by atoms with Crippen LogP contribution in [-0.4, -0.2) is 21.0 Å². The Morgan fingerprint density at radius 1 is 1.39 bits per heavy atom. The van der Waals surface area contributed by atoms with Crippen LogP contribution in [0.1, 0.15) is 15.9 Å². The lowest BCUT2D eigenvalue weighted by atomic mass is 10.1. The molecule has 0 amide bonds. The zero-order valence-electron chi connectivity index (χ0n) is 9.51. The molecule has 0 atom stereocenters. The summed E-state index contributed by atoms with van der Waals surface area (Å²) >= 11 is 0. The van der Waals surface area contributed by atoms with Crippen LogP contribution in [0.3, 0.4) is 0 Å². The number of hydrogen-bond donors (Lipinski definition) is 2. The van der Waals surface area contributed by atoms with Gasteiger partial charge in [0.05, 0.1) is 0 Å². The molecule has 1 aromatic heterocycles. The molecule has 3 N–H and O–H groups in total. The largest absolute Gasteiger partial charge is 0.477 e. The van der Waals surface area contributed by atoms with Crippen LogP contribution in [0.2, 0.25) is 0 Å². The topological polar surface area (TPSA) is 89.1 Å². The smallest absolute Gasteiger partial charge is 0.341 e. The minimum Gasteiger partial charge on any atom is -0.477 e. The minimum absolute atomic E-state index is 0.144. The summed E-state index contributed by atoms with van der Waals surface area (Å²) in [4.78, 5) is 18.5. The number of nitrogens with zero attached hydrogens (tertiary/aromatic N) is 2. The number of nitrogen functional groups attached to an aromatic ring is 1. The number of anilines is 1. The number of aromatic nitrogens is 2. The summed E-state index contributed by atoms with van der Waals surface area (Å²) in [6, 6.07) is 4.33. The molecule has 92 valence electrons. The highest BCUT2D eigenvalue weighted by Gasteiger charge is 2.12. The third kappa shape index (κ3) is 2.27. The Morgan fingerprint density at radius 2 is 2.11 bits per heavy atom. The molecule has 0 aliphatic rings. The molecule has 0 radical (unpaired) electrons. The van der Waals surface area contributed by atoms with Gasteiger partial charge in [0.2, 0.25) is 0 Å². The summed E-state index contributed by atoms with van der Waals surface area (Å²) in [5.74, 6) is -1.56. The molecule has 0 fully saturated rings. The van der Waals surface area contributed by atoms with E-state index in [2.05, 4.69) is 9.97 Å². The predicted molar refractivity (Wildman–Crippen MR) is 63.5 cm³/mol. The van der Waals surface area contributed by atoms with Crippen molar-refractivity contribution < 1.29 is 14.3 Å². The molecule has 5 nitrogen and oxygen atoms in total. The molecule has 0 saturated carbocycles. The Labute approximate surface area is 102 Å². The van der Waals surface area contributed by atoms with Crippen molar-refractivity contribution in [2.24, 2.45) is 0 Å². The van der Waals surface area contributed by atoms with Crippen LogP contribution in [0.15, 0.2) is 24.4 Å². The molecule has 0 bridgehead atoms. The van der Waals surface area contributed by atoms with Crippen molar-refractivity contribution >= 4 is 11.8 Å². The van der Waals surface area contributed by atoms with E-state index in [0.717, 1.165) is 11.8 Å². The summed E-state index contributed by atoms with van der Waals surface area (Å²) in [6.45, 7) is 1.74. The van der Waals surface area contributed by atoms with Gasteiger partial charge in [0, 0.05) is 11.8 Å². The van der Waals surface area contributed by atoms with Gasteiger partial charge in [-0.25, -0.2) is 19.2 Å². The summed E-state index contributed by atoms with van der Waals surface area (Å²) < 4.78 is 13.2. The van der Waals surface area contributed by atoms with Gasteiger partial charge >= 0.3 is 5.97 Å². The van der Waals surface area contributed by atoms with E-state index < -0.39 is 11.8 Å². The van der Waals surface area contributed by atoms with Crippen LogP contribution < -0.4 is 5.73 Å². The molecule has 0 spiro atoms. The number of benzene rings is 1. The number of carboxylic acids is 1. The zero-order chi connectivity index (χ0) is 13.3. The molecule has 0 aliphatic heterocycles. The standard InChI is InChI=1S/C12H10FN3O2/c1-6-2-7(4-8(13)3-6)11-15-5-9(12(17)18)10(14)16-11/h2-5H,1H3,(H,17,18)(H2,14,15,16). The van der Waals surface area contributed by atoms with Crippen molar-refractivity contribution in [1.82, 2.24) is 9.97 Å². The van der Waals surface area contributed by atoms with Gasteiger partial charge in [-0.2, -0.15) is 0 Å². The van der Waals surface area contributed by atoms with E-state index >= 15 is 0 Å². The Bertz CT molecular complexity index is 608. The Hall–Kier alpha value is -2.50. The first-order valence-electron chi connectivity index (χ1n) is 5.11. The molecule has 18 heavy (non-hydrogen) atoms. The quantitative estimate of drug-likeness (QED) is 0.845. The molecule has 0 unspecified atom stereocenters. The molecule has 0 aliphatic carbocycles. The summed E-state index contributed by atoms with van der Waals surface area (Å²) in [5, 5.41) is 8.80. The Kier molecular flexibility index (Phi) is 2.93. The molecular weight excluding hydrogens is 237 g/mol. The van der Waals surface area contributed by atoms with Gasteiger partial charge in [-0.3, -0.25) is 0 Å². The van der Waals surface area contributed by atoms with Crippen LogP contribution in [-0.2, 0) is 0 Å². The third-order valence-corrected chi connectivity index (χ3v) is 2.35. The van der Waals surface area contributed by atoms with Gasteiger partial charge in [-0.05, 0) is 30.7 Å². The van der Waals surface area contributed by atoms with E-state index in [0.29, 0.717) is 5.56 Å². The van der Waals surface area contributed by atoms with E-state index in [-0.39, 0.29) is 17.2 Å². The average Bonchev–Trinajstić information content (AvgIpc) is 2.26. The first kappa shape index (κ1) is 12.0. The third-order valence-electron chi connectivity index (χ3n) is 2.35. The van der Waals surface area contributed by atoms with E-state index in [1.54, 1.807) is 13.0 Å². The summed E-state index contributed by atoms with van der Waals surface area (Å²) in [5.41, 5.74) is 6.51. The molecule has 2 aromatic rings. The van der Waals surface area contributed by atoms with Crippen LogP contribution in [0.5, 0.6) is 0 Å². The van der Waals surface area contributed by atoms with Crippen molar-refractivity contribution in [3.8, 4) is 11.4 Å². The minimum atomic E-state index is -1.20. The molecule has 2 rings (SSSR count). The number of carboxylic acid groups (broad SMARTS) is 1. The highest BCUT2D eigenvalue weighted by molar-refractivity contribution is 5.92. The maximum atomic E-state index is 13.2. The van der Waals surface area contributed by atoms with E-state index in [1.807, 2.05) is 0 Å². The van der Waals surface area contributed by atoms with Gasteiger partial charge in [0.25, 0.3) is 0 Å². The van der Waals surface area contributed by atoms with E-state index in [4.69, 9.17) is 10.8 Å². The Balaban J connectivity index is 2.52. The van der Waals surface area contributed by atoms with Gasteiger partial charge in [0.15, 0.2) is 5.82 Å². The molecular formula is C12H10FN3O2. The van der Waals surface area contributed by atoms with Crippen molar-refractivity contribution in [3.05, 3.63) is 41.3 Å². The van der Waals surface area contributed by atoms with Crippen LogP contribution in [0.4, 0.5) is 10.2 Å². The van der Waals surface area contributed by atoms with Crippen molar-refractivity contribution in [3.63, 3.8) is 0 Å². The number of rotatable bonds is 2. The van der Waals surface area contributed by atoms with Crippen molar-refractivity contribution in [2.45, 2.75) is 6.92 Å². The van der Waals surface area contributed by atoms with Crippen LogP contribution in [0.25, 0.3) is 11.4 Å². The maximum Gasteiger partial charge on any atom is 0.341 e. The number of hydrogen-bond acceptors (Lipinski definition) is 4. The maximum absolute atomic E-state index is 13.2. The van der Waals surface area contributed by atoms with Crippen molar-refractivity contribution in [1.29, 1.82) is 0 Å². The first-order chi connectivity index (χ1) is 8.47. The van der Waals surface area contributed by atoms with Crippen LogP contribution in [0, 0.1) is 12.7 Å². The van der Waals surface area contributed by atoms with Gasteiger partial charge < -0.3 is 10.8 Å². The normalized spacial score (nSPS) is 10.3. The lowest BCUT2D eigenvalue weighted by molar-refractivity contribution is 0.0697. The number of aryl methyl sites for hydroxylation is 1. The fourth-order valence-corrected chi connectivity index (χ4v) is 1.56. The van der Waals surface area contributed by atoms with Gasteiger partial charge in [0.1, 0.15) is 17.2 Å². The van der Waals surface area contributed by atoms with Gasteiger partial charge in [-0.15, -0.1) is 0 Å². The summed E-state index contributed by atoms with van der Waals surface area (Å²) in [7, 11) is 0. The van der Waals surface area contributed by atoms with E-state index in [1.165, 1.54) is 12.1 Å². The lowest BCUT2D eigenvalue weighted by Crippen LogP contribution is -2.06. The summed E-state index contributed by atoms with van der Waals surface area (Å²) in [6.07, 6.45) is 1.11. The number of carbonyl (C=O) groups is 1. The fourth-order valence-electron chi connectivity index (χ4n) is 1.56. The van der Waals surface area contributed by atoms with Gasteiger partial charge in [-0.1, -0.05) is 0 Å². The highest BCUT2D eigenvalue weighted by Crippen LogP contribution is 2.20. The average molecular weight is 247 g/mol. The zero-order valence-corrected chi connectivity index (χ0v) is 9.51. The SMILES string of the molecule is Cc1cc(F)cc(-c2ncc(C(=O)O)c(N)n2)c1. The van der Waals surface area contributed by atoms with E-state index in [9.17, 15) is 9.18 Å². The molecule has 0 saturated heterocycles. The second-order valence-corrected chi connectivity index (χ2v) is 3.81. The fraction of sp³-hybridized carbons (Fsp3) is 0.0833. The van der Waals surface area contributed by atoms with Crippen LogP contribution >= 0.6 is 0 Å². The molecule has 1 heterocycles. The second-order valence-electron chi connectivity index (χ2n) is 3.81. The second kappa shape index (κ2) is 4.40. The Morgan fingerprint density at radius 3 is 2.67 bits per heavy atom. The highest BCUT2D eigenvalue weighted by atomic mass is 19.1. The number of halogens is 1. The lowest BCUT2D eigenvalue weighted by Gasteiger charge is -2.05. The van der Waals surface area contributed by atoms with Crippen molar-refractivity contribution in [2.75, 3.05) is 5.73 Å². The monoisotopic (exact) mass is 247 g/mol. The predicted octanol–water partition coefficient (Wildman–Crippen LogP) is 1.87. The molecule has 1 aromatic carbocycles. The number of nitrogens with two attached hydrogens (primary N) is 1. The first-order valence-corrected chi connectivity index (χ1v) is 5.11. The molecule has 6 heteroatoms.